The lowest BCUT2D eigenvalue weighted by atomic mass is 10.1. The Balaban J connectivity index is 3.67. The van der Waals surface area contributed by atoms with Crippen molar-refractivity contribution in [1.82, 2.24) is 0 Å². The molecule has 0 rings (SSSR count). The smallest absolute Gasteiger partial charge is 0.305 e. The zero-order valence-corrected chi connectivity index (χ0v) is 26.2. The van der Waals surface area contributed by atoms with Crippen molar-refractivity contribution >= 4 is 11.9 Å². The lowest BCUT2D eigenvalue weighted by molar-refractivity contribution is -0.152. The van der Waals surface area contributed by atoms with Crippen molar-refractivity contribution in [3.63, 3.8) is 0 Å². The van der Waals surface area contributed by atoms with Crippen LogP contribution in [0.4, 0.5) is 0 Å². The fourth-order valence-electron chi connectivity index (χ4n) is 4.10. The maximum absolute atomic E-state index is 11.9. The second kappa shape index (κ2) is 30.8. The van der Waals surface area contributed by atoms with E-state index in [9.17, 15) is 19.8 Å². The highest BCUT2D eigenvalue weighted by atomic mass is 16.6. The molecule has 0 radical (unpaired) electrons. The van der Waals surface area contributed by atoms with Gasteiger partial charge in [0.15, 0.2) is 0 Å². The van der Waals surface area contributed by atoms with Crippen LogP contribution in [0.1, 0.15) is 136 Å². The van der Waals surface area contributed by atoms with E-state index < -0.39 is 12.2 Å². The van der Waals surface area contributed by atoms with Gasteiger partial charge >= 0.3 is 11.9 Å². The monoisotopic (exact) mass is 576 g/mol. The number of rotatable bonds is 28. The molecule has 6 nitrogen and oxygen atoms in total. The van der Waals surface area contributed by atoms with E-state index in [0.717, 1.165) is 38.5 Å². The molecule has 0 aromatic carbocycles. The lowest BCUT2D eigenvalue weighted by Gasteiger charge is -2.12. The Bertz CT molecular complexity index is 724. The molecule has 0 spiro atoms. The number of carbonyl (C=O) groups excluding carboxylic acids is 2. The van der Waals surface area contributed by atoms with Crippen LogP contribution < -0.4 is 0 Å². The van der Waals surface area contributed by atoms with Gasteiger partial charge in [-0.15, -0.1) is 0 Å². The van der Waals surface area contributed by atoms with Crippen LogP contribution in [0.25, 0.3) is 0 Å². The molecule has 0 amide bonds. The number of ether oxygens (including phenoxy) is 2. The van der Waals surface area contributed by atoms with E-state index in [1.54, 1.807) is 6.08 Å². The summed E-state index contributed by atoms with van der Waals surface area (Å²) in [6.45, 7) is 4.10. The molecule has 6 heteroatoms. The third-order valence-electron chi connectivity index (χ3n) is 6.65. The van der Waals surface area contributed by atoms with E-state index in [1.165, 1.54) is 57.8 Å². The van der Waals surface area contributed by atoms with Crippen molar-refractivity contribution in [2.24, 2.45) is 0 Å². The van der Waals surface area contributed by atoms with E-state index >= 15 is 0 Å². The second-order valence-corrected chi connectivity index (χ2v) is 10.8. The van der Waals surface area contributed by atoms with Crippen molar-refractivity contribution in [3.05, 3.63) is 48.6 Å². The summed E-state index contributed by atoms with van der Waals surface area (Å²) in [6, 6.07) is 0. The van der Waals surface area contributed by atoms with Gasteiger partial charge in [-0.05, 0) is 44.9 Å². The molecule has 0 fully saturated rings. The van der Waals surface area contributed by atoms with Gasteiger partial charge in [-0.3, -0.25) is 9.59 Å². The number of carbonyl (C=O) groups is 2. The quantitative estimate of drug-likeness (QED) is 0.0420. The number of esters is 2. The molecule has 236 valence electrons. The van der Waals surface area contributed by atoms with Gasteiger partial charge in [0.25, 0.3) is 0 Å². The Labute approximate surface area is 251 Å². The minimum absolute atomic E-state index is 0.150. The number of unbranched alkanes of at least 4 members (excludes halogenated alkanes) is 12. The van der Waals surface area contributed by atoms with Crippen LogP contribution in [-0.2, 0) is 19.1 Å². The number of aliphatic hydroxyl groups is 2. The molecule has 0 bridgehead atoms. The van der Waals surface area contributed by atoms with E-state index in [1.807, 2.05) is 36.5 Å². The van der Waals surface area contributed by atoms with E-state index in [4.69, 9.17) is 9.47 Å². The molecule has 2 atom stereocenters. The summed E-state index contributed by atoms with van der Waals surface area (Å²) in [7, 11) is 0. The van der Waals surface area contributed by atoms with E-state index in [-0.39, 0.29) is 31.6 Å². The molecule has 0 unspecified atom stereocenters. The molecule has 0 heterocycles. The first-order chi connectivity index (χ1) is 20.0. The first kappa shape index (κ1) is 38.8. The summed E-state index contributed by atoms with van der Waals surface area (Å²) in [5.41, 5.74) is 0. The topological polar surface area (TPSA) is 93.1 Å². The lowest BCUT2D eigenvalue weighted by Crippen LogP contribution is -2.25. The zero-order valence-electron chi connectivity index (χ0n) is 26.2. The molecular weight excluding hydrogens is 516 g/mol. The van der Waals surface area contributed by atoms with Gasteiger partial charge < -0.3 is 19.7 Å². The summed E-state index contributed by atoms with van der Waals surface area (Å²) >= 11 is 0. The Kier molecular flexibility index (Phi) is 29.1. The van der Waals surface area contributed by atoms with Crippen LogP contribution in [0.5, 0.6) is 0 Å². The van der Waals surface area contributed by atoms with Crippen molar-refractivity contribution in [3.8, 4) is 0 Å². The van der Waals surface area contributed by atoms with Gasteiger partial charge in [-0.1, -0.05) is 127 Å². The van der Waals surface area contributed by atoms with Crippen molar-refractivity contribution in [2.45, 2.75) is 148 Å². The number of hydrogen-bond acceptors (Lipinski definition) is 6. The van der Waals surface area contributed by atoms with Crippen LogP contribution in [0.15, 0.2) is 48.6 Å². The molecule has 0 saturated carbocycles. The fourth-order valence-corrected chi connectivity index (χ4v) is 4.10. The Morgan fingerprint density at radius 3 is 1.80 bits per heavy atom. The zero-order chi connectivity index (χ0) is 30.2. The van der Waals surface area contributed by atoms with Gasteiger partial charge in [-0.2, -0.15) is 0 Å². The normalized spacial score (nSPS) is 13.6. The molecule has 2 N–H and O–H groups in total. The van der Waals surface area contributed by atoms with Crippen molar-refractivity contribution in [1.29, 1.82) is 0 Å². The molecule has 0 saturated heterocycles. The third-order valence-corrected chi connectivity index (χ3v) is 6.65. The van der Waals surface area contributed by atoms with Gasteiger partial charge in [0.2, 0.25) is 0 Å². The van der Waals surface area contributed by atoms with Gasteiger partial charge in [-0.25, -0.2) is 0 Å². The second-order valence-electron chi connectivity index (χ2n) is 10.8. The molecule has 0 aliphatic heterocycles. The molecule has 0 aromatic heterocycles. The molecule has 0 aliphatic rings. The molecule has 41 heavy (non-hydrogen) atoms. The summed E-state index contributed by atoms with van der Waals surface area (Å²) in [6.07, 6.45) is 33.3. The predicted octanol–water partition coefficient (Wildman–Crippen LogP) is 8.47. The Morgan fingerprint density at radius 1 is 0.610 bits per heavy atom. The van der Waals surface area contributed by atoms with Crippen LogP contribution in [0.3, 0.4) is 0 Å². The Morgan fingerprint density at radius 2 is 1.15 bits per heavy atom. The predicted molar refractivity (Wildman–Crippen MR) is 170 cm³/mol. The van der Waals surface area contributed by atoms with Crippen LogP contribution in [0.2, 0.25) is 0 Å². The van der Waals surface area contributed by atoms with Gasteiger partial charge in [0.1, 0.15) is 19.3 Å². The third kappa shape index (κ3) is 30.6. The first-order valence-electron chi connectivity index (χ1n) is 16.3. The molecular formula is C35H60O6. The SMILES string of the molecule is CCCCC/C=C\C=C/[C@@H](O)C/C=C\C/C=C/CCCC(=O)OC[C@H](O)COC(=O)CCCCCCCCCCC. The molecule has 0 aromatic rings. The van der Waals surface area contributed by atoms with Gasteiger partial charge in [0, 0.05) is 12.8 Å². The number of hydrogen-bond donors (Lipinski definition) is 2. The summed E-state index contributed by atoms with van der Waals surface area (Å²) < 4.78 is 10.2. The van der Waals surface area contributed by atoms with Crippen LogP contribution in [0, 0.1) is 0 Å². The van der Waals surface area contributed by atoms with Gasteiger partial charge in [0.05, 0.1) is 6.10 Å². The fraction of sp³-hybridized carbons (Fsp3) is 0.714. The highest BCUT2D eigenvalue weighted by Gasteiger charge is 2.11. The highest BCUT2D eigenvalue weighted by Crippen LogP contribution is 2.11. The van der Waals surface area contributed by atoms with E-state index in [2.05, 4.69) is 19.9 Å². The maximum atomic E-state index is 11.9. The van der Waals surface area contributed by atoms with Crippen LogP contribution >= 0.6 is 0 Å². The minimum Gasteiger partial charge on any atom is -0.463 e. The summed E-state index contributed by atoms with van der Waals surface area (Å²) in [5.74, 6) is -0.676. The highest BCUT2D eigenvalue weighted by molar-refractivity contribution is 5.69. The number of allylic oxidation sites excluding steroid dienone is 6. The average molecular weight is 577 g/mol. The van der Waals surface area contributed by atoms with E-state index in [0.29, 0.717) is 19.3 Å². The summed E-state index contributed by atoms with van der Waals surface area (Å²) in [5, 5.41) is 19.9. The average Bonchev–Trinajstić information content (AvgIpc) is 2.96. The molecule has 0 aliphatic carbocycles. The largest absolute Gasteiger partial charge is 0.463 e. The van der Waals surface area contributed by atoms with Crippen molar-refractivity contribution in [2.75, 3.05) is 13.2 Å². The van der Waals surface area contributed by atoms with Crippen LogP contribution in [-0.4, -0.2) is 47.6 Å². The summed E-state index contributed by atoms with van der Waals surface area (Å²) in [4.78, 5) is 23.7. The maximum Gasteiger partial charge on any atom is 0.305 e. The van der Waals surface area contributed by atoms with Crippen molar-refractivity contribution < 1.29 is 29.3 Å². The standard InChI is InChI=1S/C35H60O6/c1-3-5-7-9-11-12-16-20-24-28-34(38)40-30-33(37)31-41-35(39)29-25-21-17-13-15-19-23-27-32(36)26-22-18-14-10-8-6-4-2/h13-14,17-19,22-23,26,32-33,36-37H,3-12,15-16,20-21,24-25,27-31H2,1-2H3/b17-13+,18-14-,23-19-,26-22-/t32-,33-/m1/s1. The minimum atomic E-state index is -1.00. The number of aliphatic hydroxyl groups excluding tert-OH is 2. The first-order valence-corrected chi connectivity index (χ1v) is 16.3. The Hall–Kier alpha value is -2.18.